The predicted molar refractivity (Wildman–Crippen MR) is 61.8 cm³/mol. The number of rotatable bonds is 5. The van der Waals surface area contributed by atoms with E-state index in [-0.39, 0.29) is 18.4 Å². The topological polar surface area (TPSA) is 96.7 Å². The number of morpholine rings is 1. The Kier molecular flexibility index (Phi) is 5.88. The molecule has 0 radical (unpaired) electrons. The molecule has 0 saturated carbocycles. The van der Waals surface area contributed by atoms with Crippen molar-refractivity contribution in [3.05, 3.63) is 0 Å². The van der Waals surface area contributed by atoms with Crippen LogP contribution in [0.2, 0.25) is 0 Å². The Morgan fingerprint density at radius 2 is 2.29 bits per heavy atom. The SMILES string of the molecule is CCCNC(=O)C1COCCN1CC(=O)NN. The minimum absolute atomic E-state index is 0.101. The molecule has 1 aliphatic heterocycles. The highest BCUT2D eigenvalue weighted by Crippen LogP contribution is 2.06. The largest absolute Gasteiger partial charge is 0.378 e. The van der Waals surface area contributed by atoms with E-state index in [1.54, 1.807) is 4.90 Å². The number of amides is 2. The van der Waals surface area contributed by atoms with Crippen molar-refractivity contribution in [3.63, 3.8) is 0 Å². The van der Waals surface area contributed by atoms with Gasteiger partial charge in [-0.05, 0) is 6.42 Å². The molecule has 0 aromatic carbocycles. The zero-order valence-corrected chi connectivity index (χ0v) is 10.1. The zero-order chi connectivity index (χ0) is 12.7. The Morgan fingerprint density at radius 3 is 2.94 bits per heavy atom. The number of nitrogens with two attached hydrogens (primary N) is 1. The van der Waals surface area contributed by atoms with Gasteiger partial charge in [0.15, 0.2) is 0 Å². The van der Waals surface area contributed by atoms with Crippen LogP contribution in [0.25, 0.3) is 0 Å². The van der Waals surface area contributed by atoms with Crippen LogP contribution in [-0.2, 0) is 14.3 Å². The molecule has 0 spiro atoms. The Morgan fingerprint density at radius 1 is 1.53 bits per heavy atom. The van der Waals surface area contributed by atoms with Gasteiger partial charge in [-0.3, -0.25) is 19.9 Å². The second kappa shape index (κ2) is 7.21. The molecule has 1 fully saturated rings. The minimum Gasteiger partial charge on any atom is -0.378 e. The van der Waals surface area contributed by atoms with Crippen molar-refractivity contribution in [1.82, 2.24) is 15.6 Å². The smallest absolute Gasteiger partial charge is 0.248 e. The van der Waals surface area contributed by atoms with Crippen molar-refractivity contribution in [1.29, 1.82) is 0 Å². The molecule has 0 aromatic heterocycles. The van der Waals surface area contributed by atoms with Gasteiger partial charge in [0.25, 0.3) is 0 Å². The van der Waals surface area contributed by atoms with Gasteiger partial charge in [-0.1, -0.05) is 6.92 Å². The molecule has 0 bridgehead atoms. The Bertz CT molecular complexity index is 272. The summed E-state index contributed by atoms with van der Waals surface area (Å²) in [6, 6.07) is -0.410. The molecule has 1 aliphatic rings. The molecule has 17 heavy (non-hydrogen) atoms. The first kappa shape index (κ1) is 13.9. The van der Waals surface area contributed by atoms with Gasteiger partial charge in [0, 0.05) is 13.1 Å². The van der Waals surface area contributed by atoms with Crippen molar-refractivity contribution in [2.24, 2.45) is 5.84 Å². The fourth-order valence-electron chi connectivity index (χ4n) is 1.66. The first-order valence-corrected chi connectivity index (χ1v) is 5.78. The monoisotopic (exact) mass is 244 g/mol. The van der Waals surface area contributed by atoms with Gasteiger partial charge in [-0.25, -0.2) is 5.84 Å². The Balaban J connectivity index is 2.52. The van der Waals surface area contributed by atoms with E-state index < -0.39 is 6.04 Å². The fraction of sp³-hybridized carbons (Fsp3) is 0.800. The van der Waals surface area contributed by atoms with Crippen LogP contribution in [0.3, 0.4) is 0 Å². The molecule has 2 amide bonds. The maximum Gasteiger partial charge on any atom is 0.248 e. The number of hydrazine groups is 1. The molecular formula is C10H20N4O3. The quantitative estimate of drug-likeness (QED) is 0.301. The molecule has 1 saturated heterocycles. The molecule has 0 aromatic rings. The summed E-state index contributed by atoms with van der Waals surface area (Å²) < 4.78 is 5.26. The van der Waals surface area contributed by atoms with E-state index in [0.29, 0.717) is 26.3 Å². The van der Waals surface area contributed by atoms with Crippen LogP contribution < -0.4 is 16.6 Å². The summed E-state index contributed by atoms with van der Waals surface area (Å²) in [4.78, 5) is 24.8. The summed E-state index contributed by atoms with van der Waals surface area (Å²) in [6.07, 6.45) is 0.878. The standard InChI is InChI=1S/C10H20N4O3/c1-2-3-12-10(16)8-7-17-5-4-14(8)6-9(15)13-11/h8H,2-7,11H2,1H3,(H,12,16)(H,13,15). The minimum atomic E-state index is -0.410. The van der Waals surface area contributed by atoms with Gasteiger partial charge in [-0.15, -0.1) is 0 Å². The van der Waals surface area contributed by atoms with Crippen LogP contribution in [0.1, 0.15) is 13.3 Å². The van der Waals surface area contributed by atoms with E-state index in [1.165, 1.54) is 0 Å². The molecule has 0 aliphatic carbocycles. The maximum atomic E-state index is 11.8. The van der Waals surface area contributed by atoms with Crippen molar-refractivity contribution < 1.29 is 14.3 Å². The third-order valence-corrected chi connectivity index (χ3v) is 2.60. The van der Waals surface area contributed by atoms with E-state index in [2.05, 4.69) is 10.7 Å². The average Bonchev–Trinajstić information content (AvgIpc) is 2.36. The summed E-state index contributed by atoms with van der Waals surface area (Å²) >= 11 is 0. The van der Waals surface area contributed by atoms with Crippen molar-refractivity contribution >= 4 is 11.8 Å². The van der Waals surface area contributed by atoms with Gasteiger partial charge in [0.2, 0.25) is 11.8 Å². The number of ether oxygens (including phenoxy) is 1. The Labute approximate surface area is 101 Å². The van der Waals surface area contributed by atoms with Gasteiger partial charge in [-0.2, -0.15) is 0 Å². The highest BCUT2D eigenvalue weighted by Gasteiger charge is 2.30. The lowest BCUT2D eigenvalue weighted by molar-refractivity contribution is -0.135. The van der Waals surface area contributed by atoms with Crippen LogP contribution in [0.15, 0.2) is 0 Å². The highest BCUT2D eigenvalue weighted by molar-refractivity contribution is 5.83. The highest BCUT2D eigenvalue weighted by atomic mass is 16.5. The number of carbonyl (C=O) groups excluding carboxylic acids is 2. The Hall–Kier alpha value is -1.18. The number of nitrogens with zero attached hydrogens (tertiary/aromatic N) is 1. The van der Waals surface area contributed by atoms with Crippen molar-refractivity contribution in [2.75, 3.05) is 32.8 Å². The summed E-state index contributed by atoms with van der Waals surface area (Å²) in [5.41, 5.74) is 2.06. The number of carbonyl (C=O) groups is 2. The van der Waals surface area contributed by atoms with Crippen LogP contribution in [-0.4, -0.2) is 55.6 Å². The van der Waals surface area contributed by atoms with Crippen LogP contribution in [0.5, 0.6) is 0 Å². The number of nitrogens with one attached hydrogen (secondary N) is 2. The first-order chi connectivity index (χ1) is 8.19. The summed E-state index contributed by atoms with van der Waals surface area (Å²) in [6.45, 7) is 4.12. The molecule has 7 nitrogen and oxygen atoms in total. The molecular weight excluding hydrogens is 224 g/mol. The molecule has 1 heterocycles. The van der Waals surface area contributed by atoms with E-state index >= 15 is 0 Å². The second-order valence-electron chi connectivity index (χ2n) is 3.92. The van der Waals surface area contributed by atoms with Crippen molar-refractivity contribution in [2.45, 2.75) is 19.4 Å². The van der Waals surface area contributed by atoms with Crippen molar-refractivity contribution in [3.8, 4) is 0 Å². The second-order valence-corrected chi connectivity index (χ2v) is 3.92. The molecule has 7 heteroatoms. The van der Waals surface area contributed by atoms with Gasteiger partial charge in [0.1, 0.15) is 6.04 Å². The van der Waals surface area contributed by atoms with Crippen LogP contribution in [0, 0.1) is 0 Å². The van der Waals surface area contributed by atoms with Crippen LogP contribution in [0.4, 0.5) is 0 Å². The number of hydrogen-bond donors (Lipinski definition) is 3. The van der Waals surface area contributed by atoms with E-state index in [0.717, 1.165) is 6.42 Å². The number of hydrogen-bond acceptors (Lipinski definition) is 5. The van der Waals surface area contributed by atoms with E-state index in [1.807, 2.05) is 6.92 Å². The van der Waals surface area contributed by atoms with E-state index in [9.17, 15) is 9.59 Å². The third-order valence-electron chi connectivity index (χ3n) is 2.60. The normalized spacial score (nSPS) is 20.9. The molecule has 1 unspecified atom stereocenters. The van der Waals surface area contributed by atoms with E-state index in [4.69, 9.17) is 10.6 Å². The molecule has 4 N–H and O–H groups in total. The lowest BCUT2D eigenvalue weighted by Gasteiger charge is -2.33. The molecule has 1 rings (SSSR count). The zero-order valence-electron chi connectivity index (χ0n) is 10.1. The molecule has 98 valence electrons. The lowest BCUT2D eigenvalue weighted by atomic mass is 10.2. The summed E-state index contributed by atoms with van der Waals surface area (Å²) in [7, 11) is 0. The van der Waals surface area contributed by atoms with Crippen LogP contribution >= 0.6 is 0 Å². The first-order valence-electron chi connectivity index (χ1n) is 5.78. The third kappa shape index (κ3) is 4.29. The average molecular weight is 244 g/mol. The maximum absolute atomic E-state index is 11.8. The van der Waals surface area contributed by atoms with Gasteiger partial charge in [0.05, 0.1) is 19.8 Å². The van der Waals surface area contributed by atoms with Gasteiger partial charge < -0.3 is 10.1 Å². The molecule has 1 atom stereocenters. The summed E-state index contributed by atoms with van der Waals surface area (Å²) in [5.74, 6) is 4.63. The predicted octanol–water partition coefficient (Wildman–Crippen LogP) is -1.80. The lowest BCUT2D eigenvalue weighted by Crippen LogP contribution is -2.56. The van der Waals surface area contributed by atoms with Gasteiger partial charge >= 0.3 is 0 Å². The fourth-order valence-corrected chi connectivity index (χ4v) is 1.66. The summed E-state index contributed by atoms with van der Waals surface area (Å²) in [5, 5.41) is 2.80.